The van der Waals surface area contributed by atoms with Crippen LogP contribution in [-0.2, 0) is 0 Å². The summed E-state index contributed by atoms with van der Waals surface area (Å²) in [6, 6.07) is 62.1. The van der Waals surface area contributed by atoms with Crippen LogP contribution in [0.3, 0.4) is 0 Å². The predicted octanol–water partition coefficient (Wildman–Crippen LogP) is 15.7. The lowest BCUT2D eigenvalue weighted by molar-refractivity contribution is 0.472. The second kappa shape index (κ2) is 16.9. The van der Waals surface area contributed by atoms with Gasteiger partial charge >= 0.3 is 0 Å². The first-order valence-electron chi connectivity index (χ1n) is 30.9. The van der Waals surface area contributed by atoms with Crippen LogP contribution in [0, 0.1) is 0 Å². The SMILES string of the molecule is c1ccc(-c2ccc3c(c2)B2c4c(c5c6c(c4-n4c7ccc(C8CCCC8)cc7c7cc(C8CCCC8)cc2c74)Oc2ccc(-c4ccccc4)cc2B6c2cc(C4CCCC4)cc4c6cc(C7CCCC7)ccc6n-5c24)O3)cc1. The van der Waals surface area contributed by atoms with Gasteiger partial charge in [-0.25, -0.2) is 0 Å². The van der Waals surface area contributed by atoms with Crippen molar-refractivity contribution in [2.75, 3.05) is 0 Å². The summed E-state index contributed by atoms with van der Waals surface area (Å²) in [6.07, 6.45) is 20.6. The summed E-state index contributed by atoms with van der Waals surface area (Å²) >= 11 is 0. The Balaban J connectivity index is 0.983. The molecule has 0 atom stereocenters. The Kier molecular flexibility index (Phi) is 9.54. The normalized spacial score (nSPS) is 18.1. The van der Waals surface area contributed by atoms with Gasteiger partial charge in [-0.3, -0.25) is 0 Å². The molecule has 9 aromatic carbocycles. The number of ether oxygens (including phenoxy) is 2. The number of benzene rings is 9. The van der Waals surface area contributed by atoms with Gasteiger partial charge in [-0.05, 0) is 190 Å². The van der Waals surface area contributed by atoms with E-state index < -0.39 is 0 Å². The molecule has 11 aromatic rings. The molecule has 4 nitrogen and oxygen atoms in total. The number of rotatable bonds is 6. The molecule has 386 valence electrons. The van der Waals surface area contributed by atoms with Gasteiger partial charge in [-0.2, -0.15) is 0 Å². The highest BCUT2D eigenvalue weighted by Crippen LogP contribution is 2.51. The van der Waals surface area contributed by atoms with E-state index in [4.69, 9.17) is 9.47 Å². The fourth-order valence-corrected chi connectivity index (χ4v) is 17.8. The van der Waals surface area contributed by atoms with E-state index in [0.717, 1.165) is 34.4 Å². The number of hydrogen-bond donors (Lipinski definition) is 0. The van der Waals surface area contributed by atoms with Gasteiger partial charge in [0.2, 0.25) is 0 Å². The molecule has 0 amide bonds. The molecule has 4 aliphatic carbocycles. The molecule has 0 bridgehead atoms. The van der Waals surface area contributed by atoms with E-state index in [9.17, 15) is 0 Å². The highest BCUT2D eigenvalue weighted by atomic mass is 16.5. The molecule has 2 aromatic heterocycles. The van der Waals surface area contributed by atoms with E-state index in [1.165, 1.54) is 224 Å². The molecule has 4 aliphatic heterocycles. The Labute approximate surface area is 468 Å². The molecule has 8 aliphatic rings. The van der Waals surface area contributed by atoms with Gasteiger partial charge in [0.05, 0.1) is 22.4 Å². The van der Waals surface area contributed by atoms with Crippen molar-refractivity contribution in [1.82, 2.24) is 9.13 Å². The fraction of sp³-hybridized carbons (Fsp3) is 0.270. The van der Waals surface area contributed by atoms with Crippen LogP contribution in [0.25, 0.3) is 77.2 Å². The molecule has 6 heteroatoms. The van der Waals surface area contributed by atoms with Gasteiger partial charge in [0.25, 0.3) is 13.4 Å². The van der Waals surface area contributed by atoms with E-state index >= 15 is 0 Å². The maximum Gasteiger partial charge on any atom is 0.256 e. The summed E-state index contributed by atoms with van der Waals surface area (Å²) < 4.78 is 21.3. The number of fused-ring (bicyclic) bond motifs is 16. The Morgan fingerprint density at radius 1 is 0.325 bits per heavy atom. The zero-order valence-electron chi connectivity index (χ0n) is 45.5. The lowest BCUT2D eigenvalue weighted by Gasteiger charge is -2.41. The van der Waals surface area contributed by atoms with Crippen molar-refractivity contribution in [2.24, 2.45) is 0 Å². The van der Waals surface area contributed by atoms with E-state index in [2.05, 4.69) is 167 Å². The number of nitrogens with zero attached hydrogens (tertiary/aromatic N) is 2. The van der Waals surface area contributed by atoms with Gasteiger partial charge in [0.15, 0.2) is 0 Å². The Hall–Kier alpha value is -7.69. The van der Waals surface area contributed by atoms with Crippen molar-refractivity contribution >= 4 is 89.8 Å². The van der Waals surface area contributed by atoms with Crippen LogP contribution in [0.1, 0.15) is 149 Å². The van der Waals surface area contributed by atoms with Crippen LogP contribution in [0.15, 0.2) is 158 Å². The first kappa shape index (κ1) is 45.1. The summed E-state index contributed by atoms with van der Waals surface area (Å²) in [7, 11) is 0. The van der Waals surface area contributed by atoms with E-state index in [0.29, 0.717) is 23.7 Å². The average molecular weight is 1030 g/mol. The Bertz CT molecular complexity index is 4180. The van der Waals surface area contributed by atoms with Crippen molar-refractivity contribution in [1.29, 1.82) is 0 Å². The van der Waals surface area contributed by atoms with Crippen LogP contribution >= 0.6 is 0 Å². The quantitative estimate of drug-likeness (QED) is 0.155. The maximum absolute atomic E-state index is 7.97. The summed E-state index contributed by atoms with van der Waals surface area (Å²) in [5.74, 6) is 6.19. The first-order valence-corrected chi connectivity index (χ1v) is 30.9. The molecule has 80 heavy (non-hydrogen) atoms. The average Bonchev–Trinajstić information content (AvgIpc) is 4.18. The van der Waals surface area contributed by atoms with Crippen LogP contribution < -0.4 is 42.3 Å². The second-order valence-corrected chi connectivity index (χ2v) is 25.7. The summed E-state index contributed by atoms with van der Waals surface area (Å²) in [6.45, 7) is -0.212. The van der Waals surface area contributed by atoms with Gasteiger partial charge in [0.1, 0.15) is 23.0 Å². The van der Waals surface area contributed by atoms with Crippen molar-refractivity contribution in [3.05, 3.63) is 180 Å². The lowest BCUT2D eigenvalue weighted by Crippen LogP contribution is -2.63. The molecule has 0 N–H and O–H groups in total. The van der Waals surface area contributed by atoms with E-state index in [-0.39, 0.29) is 13.4 Å². The summed E-state index contributed by atoms with van der Waals surface area (Å²) in [5.41, 5.74) is 26.2. The third-order valence-corrected chi connectivity index (χ3v) is 21.5. The smallest absolute Gasteiger partial charge is 0.256 e. The van der Waals surface area contributed by atoms with Crippen molar-refractivity contribution in [3.8, 4) is 56.6 Å². The standard InChI is InChI=1S/C74H62B2N2O2/c1-3-15-45(16-4-1)51-29-33-65-59(39-51)75-61-41-53(47-23-11-12-24-47)37-57-55-35-49(43-19-7-8-20-43)27-31-63(55)77(69(57)61)71-67(75)73(79-65)72-68-74(71)80-66-34-30-52(46-17-5-2-6-18-46)40-60(66)76(68)62-42-54(48-25-13-14-26-48)38-58-56-36-50(44-21-9-10-22-44)28-32-64(56)78(72)70(58)62/h1-6,15-18,27-44,47-48H,7-14,19-26H2. The Morgan fingerprint density at radius 2 is 0.700 bits per heavy atom. The molecule has 0 unspecified atom stereocenters. The number of aromatic nitrogens is 2. The zero-order valence-corrected chi connectivity index (χ0v) is 45.5. The van der Waals surface area contributed by atoms with Crippen molar-refractivity contribution in [2.45, 2.75) is 126 Å². The molecule has 4 fully saturated rings. The van der Waals surface area contributed by atoms with E-state index in [1.807, 2.05) is 0 Å². The van der Waals surface area contributed by atoms with Crippen LogP contribution in [0.5, 0.6) is 23.0 Å². The molecule has 0 saturated heterocycles. The predicted molar refractivity (Wildman–Crippen MR) is 333 cm³/mol. The van der Waals surface area contributed by atoms with Crippen LogP contribution in [0.4, 0.5) is 0 Å². The maximum atomic E-state index is 7.97. The monoisotopic (exact) mass is 1030 g/mol. The van der Waals surface area contributed by atoms with Crippen LogP contribution in [0.2, 0.25) is 0 Å². The summed E-state index contributed by atoms with van der Waals surface area (Å²) in [4.78, 5) is 0. The van der Waals surface area contributed by atoms with Crippen LogP contribution in [-0.4, -0.2) is 22.6 Å². The minimum absolute atomic E-state index is 0.106. The number of hydrogen-bond acceptors (Lipinski definition) is 2. The van der Waals surface area contributed by atoms with E-state index in [1.54, 1.807) is 0 Å². The van der Waals surface area contributed by atoms with Crippen molar-refractivity contribution < 1.29 is 9.47 Å². The van der Waals surface area contributed by atoms with Gasteiger partial charge in [-0.1, -0.05) is 161 Å². The molecule has 6 heterocycles. The third kappa shape index (κ3) is 6.26. The fourth-order valence-electron chi connectivity index (χ4n) is 17.8. The first-order chi connectivity index (χ1) is 39.7. The lowest BCUT2D eigenvalue weighted by atomic mass is 9.31. The molecule has 0 radical (unpaired) electrons. The van der Waals surface area contributed by atoms with Gasteiger partial charge in [0, 0.05) is 43.5 Å². The molecule has 0 spiro atoms. The molecular formula is C74H62B2N2O2. The molecular weight excluding hydrogens is 970 g/mol. The molecule has 19 rings (SSSR count). The second-order valence-electron chi connectivity index (χ2n) is 25.7. The summed E-state index contributed by atoms with van der Waals surface area (Å²) in [5, 5.41) is 5.55. The highest BCUT2D eigenvalue weighted by Gasteiger charge is 2.51. The minimum atomic E-state index is -0.106. The largest absolute Gasteiger partial charge is 0.456 e. The van der Waals surface area contributed by atoms with Gasteiger partial charge in [-0.15, -0.1) is 0 Å². The molecule has 4 saturated carbocycles. The minimum Gasteiger partial charge on any atom is -0.456 e. The zero-order chi connectivity index (χ0) is 51.9. The topological polar surface area (TPSA) is 28.3 Å². The third-order valence-electron chi connectivity index (χ3n) is 21.5. The van der Waals surface area contributed by atoms with Gasteiger partial charge < -0.3 is 18.6 Å². The Morgan fingerprint density at radius 3 is 1.10 bits per heavy atom. The van der Waals surface area contributed by atoms with Crippen molar-refractivity contribution in [3.63, 3.8) is 0 Å². The highest BCUT2D eigenvalue weighted by molar-refractivity contribution is 7.02.